The second-order valence-corrected chi connectivity index (χ2v) is 14.5. The molecule has 0 atom stereocenters. The van der Waals surface area contributed by atoms with Gasteiger partial charge < -0.3 is 4.90 Å². The van der Waals surface area contributed by atoms with Crippen molar-refractivity contribution in [1.82, 2.24) is 0 Å². The first-order valence-corrected chi connectivity index (χ1v) is 15.8. The molecule has 0 aromatic heterocycles. The van der Waals surface area contributed by atoms with Crippen molar-refractivity contribution in [1.29, 1.82) is 0 Å². The molecule has 2 aliphatic rings. The largest absolute Gasteiger partial charge is 0.310 e. The van der Waals surface area contributed by atoms with Crippen LogP contribution >= 0.6 is 0 Å². The van der Waals surface area contributed by atoms with Gasteiger partial charge in [0.15, 0.2) is 0 Å². The van der Waals surface area contributed by atoms with Gasteiger partial charge in [0.05, 0.1) is 5.69 Å². The van der Waals surface area contributed by atoms with Crippen LogP contribution in [0.5, 0.6) is 0 Å². The third-order valence-corrected chi connectivity index (χ3v) is 10.5. The van der Waals surface area contributed by atoms with Crippen molar-refractivity contribution >= 4 is 17.1 Å². The molecule has 7 rings (SSSR count). The van der Waals surface area contributed by atoms with Gasteiger partial charge in [0.2, 0.25) is 0 Å². The maximum absolute atomic E-state index is 2.51. The minimum atomic E-state index is -0.0881. The Balaban J connectivity index is 1.58. The van der Waals surface area contributed by atoms with Crippen molar-refractivity contribution in [3.8, 4) is 22.3 Å². The van der Waals surface area contributed by atoms with Crippen LogP contribution in [0.2, 0.25) is 0 Å². The van der Waals surface area contributed by atoms with Gasteiger partial charge in [-0.3, -0.25) is 0 Å². The van der Waals surface area contributed by atoms with Crippen molar-refractivity contribution < 1.29 is 0 Å². The highest BCUT2D eigenvalue weighted by Crippen LogP contribution is 2.55. The van der Waals surface area contributed by atoms with Gasteiger partial charge >= 0.3 is 0 Å². The average molecular weight is 562 g/mol. The van der Waals surface area contributed by atoms with Crippen molar-refractivity contribution in [3.05, 3.63) is 137 Å². The smallest absolute Gasteiger partial charge is 0.0543 e. The van der Waals surface area contributed by atoms with Gasteiger partial charge in [0.1, 0.15) is 0 Å². The molecule has 0 fully saturated rings. The van der Waals surface area contributed by atoms with E-state index >= 15 is 0 Å². The Hall–Kier alpha value is -4.10. The zero-order valence-corrected chi connectivity index (χ0v) is 26.8. The lowest BCUT2D eigenvalue weighted by atomic mass is 9.61. The molecule has 0 saturated heterocycles. The molecule has 0 spiro atoms. The fraction of sp³-hybridized carbons (Fsp3) is 0.286. The summed E-state index contributed by atoms with van der Waals surface area (Å²) >= 11 is 0. The summed E-state index contributed by atoms with van der Waals surface area (Å²) in [5, 5.41) is 0. The number of rotatable bonds is 4. The Morgan fingerprint density at radius 1 is 0.488 bits per heavy atom. The van der Waals surface area contributed by atoms with Gasteiger partial charge in [0, 0.05) is 22.4 Å². The molecule has 5 aromatic carbocycles. The molecule has 0 aliphatic heterocycles. The summed E-state index contributed by atoms with van der Waals surface area (Å²) in [6.45, 7) is 16.9. The summed E-state index contributed by atoms with van der Waals surface area (Å²) in [7, 11) is 0. The van der Waals surface area contributed by atoms with Gasteiger partial charge in [-0.25, -0.2) is 0 Å². The van der Waals surface area contributed by atoms with E-state index in [1.165, 1.54) is 74.4 Å². The Morgan fingerprint density at radius 2 is 1.07 bits per heavy atom. The van der Waals surface area contributed by atoms with Crippen LogP contribution in [-0.2, 0) is 16.2 Å². The number of fused-ring (bicyclic) bond motifs is 4. The monoisotopic (exact) mass is 561 g/mol. The molecule has 0 amide bonds. The molecule has 0 saturated carbocycles. The Morgan fingerprint density at radius 3 is 1.72 bits per heavy atom. The predicted molar refractivity (Wildman–Crippen MR) is 184 cm³/mol. The van der Waals surface area contributed by atoms with Crippen LogP contribution in [0.15, 0.2) is 109 Å². The summed E-state index contributed by atoms with van der Waals surface area (Å²) in [6.07, 6.45) is 2.42. The maximum Gasteiger partial charge on any atom is 0.0543 e. The van der Waals surface area contributed by atoms with E-state index in [0.717, 1.165) is 0 Å². The summed E-state index contributed by atoms with van der Waals surface area (Å²) in [5.74, 6) is 0. The lowest BCUT2D eigenvalue weighted by molar-refractivity contribution is 0.330. The molecule has 5 aromatic rings. The Kier molecular flexibility index (Phi) is 6.26. The molecule has 0 bridgehead atoms. The first-order chi connectivity index (χ1) is 20.5. The van der Waals surface area contributed by atoms with Crippen LogP contribution in [0, 0.1) is 6.92 Å². The van der Waals surface area contributed by atoms with Crippen molar-refractivity contribution in [2.75, 3.05) is 4.90 Å². The lowest BCUT2D eigenvalue weighted by Gasteiger charge is -2.43. The number of nitrogens with zero attached hydrogens (tertiary/aromatic N) is 1. The molecule has 216 valence electrons. The standard InChI is InChI=1S/C42H43N/c1-28-31(22-23-36-39(28)41(4,5)25-24-40(36,2)3)34-26-33-32-20-14-15-21-35(32)42(6,7)37(33)27-38(34)43(29-16-10-8-11-17-29)30-18-12-9-13-19-30/h8-23,26-27H,24-25H2,1-7H3. The molecule has 1 heteroatoms. The van der Waals surface area contributed by atoms with E-state index in [4.69, 9.17) is 0 Å². The first kappa shape index (κ1) is 27.7. The summed E-state index contributed by atoms with van der Waals surface area (Å²) < 4.78 is 0. The summed E-state index contributed by atoms with van der Waals surface area (Å²) in [5.41, 5.74) is 16.4. The molecule has 0 unspecified atom stereocenters. The van der Waals surface area contributed by atoms with Crippen LogP contribution in [-0.4, -0.2) is 0 Å². The summed E-state index contributed by atoms with van der Waals surface area (Å²) in [4.78, 5) is 2.46. The fourth-order valence-electron chi connectivity index (χ4n) is 8.04. The van der Waals surface area contributed by atoms with E-state index < -0.39 is 0 Å². The van der Waals surface area contributed by atoms with Crippen molar-refractivity contribution in [2.24, 2.45) is 0 Å². The topological polar surface area (TPSA) is 3.24 Å². The lowest BCUT2D eigenvalue weighted by Crippen LogP contribution is -2.34. The van der Waals surface area contributed by atoms with E-state index in [1.54, 1.807) is 5.56 Å². The molecular formula is C42H43N. The van der Waals surface area contributed by atoms with E-state index in [2.05, 4.69) is 163 Å². The minimum Gasteiger partial charge on any atom is -0.310 e. The third kappa shape index (κ3) is 4.27. The average Bonchev–Trinajstić information content (AvgIpc) is 3.22. The number of para-hydroxylation sites is 2. The van der Waals surface area contributed by atoms with Crippen molar-refractivity contribution in [3.63, 3.8) is 0 Å². The van der Waals surface area contributed by atoms with Gasteiger partial charge in [-0.05, 0) is 112 Å². The number of hydrogen-bond acceptors (Lipinski definition) is 1. The highest BCUT2D eigenvalue weighted by Gasteiger charge is 2.40. The predicted octanol–water partition coefficient (Wildman–Crippen LogP) is 11.8. The number of anilines is 3. The molecule has 2 aliphatic carbocycles. The Labute approximate surface area is 258 Å². The zero-order chi connectivity index (χ0) is 30.1. The highest BCUT2D eigenvalue weighted by atomic mass is 15.1. The van der Waals surface area contributed by atoms with E-state index in [1.807, 2.05) is 0 Å². The quantitative estimate of drug-likeness (QED) is 0.211. The molecule has 0 heterocycles. The second-order valence-electron chi connectivity index (χ2n) is 14.5. The fourth-order valence-corrected chi connectivity index (χ4v) is 8.04. The van der Waals surface area contributed by atoms with E-state index in [0.29, 0.717) is 0 Å². The van der Waals surface area contributed by atoms with Gasteiger partial charge in [-0.15, -0.1) is 0 Å². The van der Waals surface area contributed by atoms with Crippen LogP contribution in [0.1, 0.15) is 82.2 Å². The minimum absolute atomic E-state index is 0.0881. The normalized spacial score (nSPS) is 17.1. The van der Waals surface area contributed by atoms with Crippen LogP contribution < -0.4 is 4.90 Å². The molecule has 43 heavy (non-hydrogen) atoms. The number of benzene rings is 5. The van der Waals surface area contributed by atoms with Gasteiger partial charge in [0.25, 0.3) is 0 Å². The van der Waals surface area contributed by atoms with Crippen molar-refractivity contribution in [2.45, 2.75) is 77.6 Å². The van der Waals surface area contributed by atoms with Crippen LogP contribution in [0.4, 0.5) is 17.1 Å². The van der Waals surface area contributed by atoms with Gasteiger partial charge in [-0.1, -0.05) is 114 Å². The number of hydrogen-bond donors (Lipinski definition) is 0. The second kappa shape index (κ2) is 9.71. The van der Waals surface area contributed by atoms with E-state index in [9.17, 15) is 0 Å². The SMILES string of the molecule is Cc1c(-c2cc3c(cc2N(c2ccccc2)c2ccccc2)C(C)(C)c2ccccc2-3)ccc2c1C(C)(C)CCC2(C)C. The molecular weight excluding hydrogens is 518 g/mol. The zero-order valence-electron chi connectivity index (χ0n) is 26.8. The molecule has 0 N–H and O–H groups in total. The highest BCUT2D eigenvalue weighted by molar-refractivity contribution is 5.95. The van der Waals surface area contributed by atoms with Crippen LogP contribution in [0.3, 0.4) is 0 Å². The summed E-state index contributed by atoms with van der Waals surface area (Å²) in [6, 6.07) is 40.6. The maximum atomic E-state index is 2.51. The first-order valence-electron chi connectivity index (χ1n) is 15.8. The molecule has 1 nitrogen and oxygen atoms in total. The van der Waals surface area contributed by atoms with Gasteiger partial charge in [-0.2, -0.15) is 0 Å². The van der Waals surface area contributed by atoms with E-state index in [-0.39, 0.29) is 16.2 Å². The molecule has 0 radical (unpaired) electrons. The van der Waals surface area contributed by atoms with Crippen LogP contribution in [0.25, 0.3) is 22.3 Å². The Bertz CT molecular complexity index is 1800. The third-order valence-electron chi connectivity index (χ3n) is 10.5.